The predicted octanol–water partition coefficient (Wildman–Crippen LogP) is 2.51. The van der Waals surface area contributed by atoms with Crippen LogP contribution in [0.15, 0.2) is 53.4 Å². The number of aryl methyl sites for hydroxylation is 1. The highest BCUT2D eigenvalue weighted by Gasteiger charge is 2.09. The van der Waals surface area contributed by atoms with Crippen LogP contribution in [0, 0.1) is 0 Å². The van der Waals surface area contributed by atoms with E-state index in [4.69, 9.17) is 9.88 Å². The Bertz CT molecular complexity index is 862. The zero-order valence-electron chi connectivity index (χ0n) is 15.6. The predicted molar refractivity (Wildman–Crippen MR) is 104 cm³/mol. The molecule has 0 saturated carbocycles. The van der Waals surface area contributed by atoms with E-state index in [1.165, 1.54) is 12.1 Å². The molecule has 0 aliphatic rings. The fraction of sp³-hybridized carbons (Fsp3) is 0.350. The summed E-state index contributed by atoms with van der Waals surface area (Å²) < 4.78 is 28.1. The fourth-order valence-electron chi connectivity index (χ4n) is 2.51. The summed E-state index contributed by atoms with van der Waals surface area (Å²) in [4.78, 5) is 12.2. The van der Waals surface area contributed by atoms with Gasteiger partial charge in [-0.25, -0.2) is 13.6 Å². The Hall–Kier alpha value is -2.22. The molecule has 0 aliphatic heterocycles. The van der Waals surface area contributed by atoms with E-state index in [2.05, 4.69) is 5.32 Å². The van der Waals surface area contributed by atoms with Crippen molar-refractivity contribution in [2.45, 2.75) is 50.8 Å². The second-order valence-corrected chi connectivity index (χ2v) is 8.16. The lowest BCUT2D eigenvalue weighted by molar-refractivity contribution is -0.121. The van der Waals surface area contributed by atoms with Crippen LogP contribution in [0.25, 0.3) is 0 Å². The van der Waals surface area contributed by atoms with E-state index in [0.717, 1.165) is 16.7 Å². The van der Waals surface area contributed by atoms with Gasteiger partial charge in [-0.2, -0.15) is 0 Å². The lowest BCUT2D eigenvalue weighted by Gasteiger charge is -2.13. The number of benzene rings is 2. The number of ether oxygens (including phenoxy) is 1. The van der Waals surface area contributed by atoms with E-state index in [0.29, 0.717) is 26.0 Å². The van der Waals surface area contributed by atoms with Crippen LogP contribution in [0.2, 0.25) is 0 Å². The van der Waals surface area contributed by atoms with Crippen LogP contribution in [0.3, 0.4) is 0 Å². The number of carbonyl (C=O) groups is 1. The van der Waals surface area contributed by atoms with Crippen molar-refractivity contribution in [3.63, 3.8) is 0 Å². The topological polar surface area (TPSA) is 98.5 Å². The Morgan fingerprint density at radius 1 is 1.07 bits per heavy atom. The summed E-state index contributed by atoms with van der Waals surface area (Å²) >= 11 is 0. The minimum Gasteiger partial charge on any atom is -0.374 e. The van der Waals surface area contributed by atoms with Crippen molar-refractivity contribution in [1.29, 1.82) is 0 Å². The van der Waals surface area contributed by atoms with Gasteiger partial charge in [0.15, 0.2) is 0 Å². The second-order valence-electron chi connectivity index (χ2n) is 6.59. The van der Waals surface area contributed by atoms with Crippen LogP contribution in [0.4, 0.5) is 0 Å². The van der Waals surface area contributed by atoms with Crippen LogP contribution in [0.1, 0.15) is 37.0 Å². The number of sulfonamides is 1. The molecule has 0 radical (unpaired) electrons. The molecule has 27 heavy (non-hydrogen) atoms. The van der Waals surface area contributed by atoms with Crippen molar-refractivity contribution in [3.8, 4) is 0 Å². The molecule has 0 fully saturated rings. The fourth-order valence-corrected chi connectivity index (χ4v) is 3.03. The molecular formula is C20H26N2O4S. The van der Waals surface area contributed by atoms with E-state index in [1.54, 1.807) is 12.1 Å². The third kappa shape index (κ3) is 7.13. The molecule has 7 heteroatoms. The van der Waals surface area contributed by atoms with Crippen molar-refractivity contribution < 1.29 is 17.9 Å². The molecule has 146 valence electrons. The van der Waals surface area contributed by atoms with Crippen LogP contribution in [0.5, 0.6) is 0 Å². The van der Waals surface area contributed by atoms with Gasteiger partial charge in [-0.3, -0.25) is 4.79 Å². The maximum absolute atomic E-state index is 12.1. The average molecular weight is 391 g/mol. The van der Waals surface area contributed by atoms with Gasteiger partial charge in [0.25, 0.3) is 0 Å². The van der Waals surface area contributed by atoms with Crippen molar-refractivity contribution in [2.75, 3.05) is 0 Å². The molecular weight excluding hydrogens is 364 g/mol. The van der Waals surface area contributed by atoms with Gasteiger partial charge in [0.1, 0.15) is 0 Å². The molecule has 0 aliphatic carbocycles. The van der Waals surface area contributed by atoms with Gasteiger partial charge >= 0.3 is 0 Å². The van der Waals surface area contributed by atoms with Gasteiger partial charge < -0.3 is 10.1 Å². The minimum atomic E-state index is -3.69. The van der Waals surface area contributed by atoms with Gasteiger partial charge in [-0.1, -0.05) is 36.4 Å². The summed E-state index contributed by atoms with van der Waals surface area (Å²) in [5.41, 5.74) is 2.97. The number of amides is 1. The molecule has 0 unspecified atom stereocenters. The maximum Gasteiger partial charge on any atom is 0.238 e. The summed E-state index contributed by atoms with van der Waals surface area (Å²) in [5.74, 6) is -0.0647. The first-order chi connectivity index (χ1) is 12.8. The Balaban J connectivity index is 1.85. The summed E-state index contributed by atoms with van der Waals surface area (Å²) in [6, 6.07) is 14.1. The van der Waals surface area contributed by atoms with Crippen molar-refractivity contribution >= 4 is 15.9 Å². The molecule has 0 aromatic heterocycles. The molecule has 0 bridgehead atoms. The number of primary sulfonamides is 1. The highest BCUT2D eigenvalue weighted by atomic mass is 32.2. The molecule has 6 nitrogen and oxygen atoms in total. The lowest BCUT2D eigenvalue weighted by Crippen LogP contribution is -2.23. The largest absolute Gasteiger partial charge is 0.374 e. The van der Waals surface area contributed by atoms with Crippen LogP contribution in [-0.4, -0.2) is 20.4 Å². The van der Waals surface area contributed by atoms with Gasteiger partial charge in [-0.15, -0.1) is 0 Å². The van der Waals surface area contributed by atoms with Crippen molar-refractivity contribution in [3.05, 3.63) is 65.2 Å². The third-order valence-electron chi connectivity index (χ3n) is 4.06. The first kappa shape index (κ1) is 21.1. The average Bonchev–Trinajstić information content (AvgIpc) is 2.63. The molecule has 2 rings (SSSR count). The van der Waals surface area contributed by atoms with Gasteiger partial charge in [0.2, 0.25) is 15.9 Å². The van der Waals surface area contributed by atoms with E-state index in [1.807, 2.05) is 38.1 Å². The monoisotopic (exact) mass is 390 g/mol. The number of hydrogen-bond acceptors (Lipinski definition) is 4. The molecule has 3 N–H and O–H groups in total. The molecule has 2 aromatic carbocycles. The van der Waals surface area contributed by atoms with Gasteiger partial charge in [0, 0.05) is 13.0 Å². The molecule has 0 heterocycles. The summed E-state index contributed by atoms with van der Waals surface area (Å²) in [6.45, 7) is 4.93. The zero-order chi connectivity index (χ0) is 19.9. The van der Waals surface area contributed by atoms with Crippen LogP contribution >= 0.6 is 0 Å². The van der Waals surface area contributed by atoms with E-state index in [-0.39, 0.29) is 16.9 Å². The summed E-state index contributed by atoms with van der Waals surface area (Å²) in [5, 5.41) is 8.00. The Morgan fingerprint density at radius 2 is 1.70 bits per heavy atom. The van der Waals surface area contributed by atoms with E-state index < -0.39 is 10.0 Å². The normalized spacial score (nSPS) is 11.6. The molecule has 0 spiro atoms. The van der Waals surface area contributed by atoms with Gasteiger partial charge in [0.05, 0.1) is 17.6 Å². The molecule has 0 atom stereocenters. The van der Waals surface area contributed by atoms with Crippen LogP contribution in [-0.2, 0) is 39.1 Å². The highest BCUT2D eigenvalue weighted by molar-refractivity contribution is 7.89. The maximum atomic E-state index is 12.1. The Morgan fingerprint density at radius 3 is 2.30 bits per heavy atom. The van der Waals surface area contributed by atoms with Crippen LogP contribution < -0.4 is 10.5 Å². The quantitative estimate of drug-likeness (QED) is 0.687. The van der Waals surface area contributed by atoms with Crippen molar-refractivity contribution in [1.82, 2.24) is 5.32 Å². The first-order valence-corrected chi connectivity index (χ1v) is 10.4. The smallest absolute Gasteiger partial charge is 0.238 e. The number of carbonyl (C=O) groups excluding carboxylic acids is 1. The number of rotatable bonds is 9. The Labute approximate surface area is 160 Å². The van der Waals surface area contributed by atoms with E-state index >= 15 is 0 Å². The zero-order valence-corrected chi connectivity index (χ0v) is 16.5. The number of hydrogen-bond donors (Lipinski definition) is 2. The Kier molecular flexibility index (Phi) is 7.53. The lowest BCUT2D eigenvalue weighted by atomic mass is 10.1. The van der Waals surface area contributed by atoms with E-state index in [9.17, 15) is 13.2 Å². The molecule has 1 amide bonds. The highest BCUT2D eigenvalue weighted by Crippen LogP contribution is 2.12. The first-order valence-electron chi connectivity index (χ1n) is 8.82. The summed E-state index contributed by atoms with van der Waals surface area (Å²) in [6.07, 6.45) is 0.988. The summed E-state index contributed by atoms with van der Waals surface area (Å²) in [7, 11) is -3.69. The molecule has 2 aromatic rings. The standard InChI is InChI=1S/C20H26N2O4S/c1-15(2)26-14-18-6-4-3-5-17(18)13-22-20(23)12-9-16-7-10-19(11-8-16)27(21,24)25/h3-8,10-11,15H,9,12-14H2,1-2H3,(H,22,23)(H2,21,24,25). The third-order valence-corrected chi connectivity index (χ3v) is 4.99. The SMILES string of the molecule is CC(C)OCc1ccccc1CNC(=O)CCc1ccc(S(N)(=O)=O)cc1. The number of nitrogens with two attached hydrogens (primary N) is 1. The van der Waals surface area contributed by atoms with Crippen molar-refractivity contribution in [2.24, 2.45) is 5.14 Å². The molecule has 0 saturated heterocycles. The minimum absolute atomic E-state index is 0.0647. The second kappa shape index (κ2) is 9.64. The van der Waals surface area contributed by atoms with Gasteiger partial charge in [-0.05, 0) is 49.1 Å². The number of nitrogens with one attached hydrogen (secondary N) is 1.